The van der Waals surface area contributed by atoms with Gasteiger partial charge in [0.25, 0.3) is 0 Å². The summed E-state index contributed by atoms with van der Waals surface area (Å²) in [5.74, 6) is 0.411. The molecule has 26 heavy (non-hydrogen) atoms. The highest BCUT2D eigenvalue weighted by molar-refractivity contribution is 5.21. The second-order valence-corrected chi connectivity index (χ2v) is 7.67. The third-order valence-corrected chi connectivity index (χ3v) is 5.68. The summed E-state index contributed by atoms with van der Waals surface area (Å²) in [6, 6.07) is 17.9. The van der Waals surface area contributed by atoms with Crippen molar-refractivity contribution >= 4 is 0 Å². The largest absolute Gasteiger partial charge is 0.303 e. The van der Waals surface area contributed by atoms with Gasteiger partial charge in [-0.3, -0.25) is 0 Å². The molecular weight excluding hydrogens is 321 g/mol. The highest BCUT2D eigenvalue weighted by Gasteiger charge is 2.14. The second-order valence-electron chi connectivity index (χ2n) is 7.67. The van der Waals surface area contributed by atoms with Crippen LogP contribution in [0.2, 0.25) is 0 Å². The monoisotopic (exact) mass is 353 g/mol. The average molecular weight is 354 g/mol. The maximum atomic E-state index is 13.3. The number of rotatable bonds is 9. The average Bonchev–Trinajstić information content (AvgIpc) is 2.69. The van der Waals surface area contributed by atoms with Crippen molar-refractivity contribution in [3.05, 3.63) is 71.5 Å². The van der Waals surface area contributed by atoms with E-state index in [1.54, 1.807) is 12.1 Å². The van der Waals surface area contributed by atoms with E-state index in [1.165, 1.54) is 75.7 Å². The minimum Gasteiger partial charge on any atom is -0.303 e. The molecule has 140 valence electrons. The number of benzene rings is 2. The van der Waals surface area contributed by atoms with Gasteiger partial charge < -0.3 is 4.90 Å². The van der Waals surface area contributed by atoms with E-state index in [9.17, 15) is 4.39 Å². The van der Waals surface area contributed by atoms with Gasteiger partial charge in [0.2, 0.25) is 0 Å². The van der Waals surface area contributed by atoms with Gasteiger partial charge in [-0.25, -0.2) is 4.39 Å². The molecule has 1 unspecified atom stereocenters. The van der Waals surface area contributed by atoms with Crippen LogP contribution in [0.1, 0.15) is 62.0 Å². The number of nitrogens with zero attached hydrogens (tertiary/aromatic N) is 1. The lowest BCUT2D eigenvalue weighted by molar-refractivity contribution is 0.222. The van der Waals surface area contributed by atoms with Crippen molar-refractivity contribution in [3.8, 4) is 0 Å². The molecule has 2 aromatic rings. The number of hydrogen-bond donors (Lipinski definition) is 0. The van der Waals surface area contributed by atoms with Crippen molar-refractivity contribution in [2.75, 3.05) is 19.6 Å². The zero-order chi connectivity index (χ0) is 18.0. The van der Waals surface area contributed by atoms with Crippen LogP contribution in [0.4, 0.5) is 4.39 Å². The predicted molar refractivity (Wildman–Crippen MR) is 108 cm³/mol. The molecule has 1 saturated heterocycles. The fourth-order valence-corrected chi connectivity index (χ4v) is 4.15. The molecule has 0 radical (unpaired) electrons. The summed E-state index contributed by atoms with van der Waals surface area (Å²) in [4.78, 5) is 2.62. The van der Waals surface area contributed by atoms with Gasteiger partial charge in [-0.15, -0.1) is 0 Å². The first kappa shape index (κ1) is 19.1. The van der Waals surface area contributed by atoms with Crippen LogP contribution in [0.15, 0.2) is 54.6 Å². The van der Waals surface area contributed by atoms with E-state index in [2.05, 4.69) is 35.2 Å². The lowest BCUT2D eigenvalue weighted by Gasteiger charge is -2.27. The summed E-state index contributed by atoms with van der Waals surface area (Å²) in [7, 11) is 0. The number of likely N-dealkylation sites (tertiary alicyclic amines) is 1. The van der Waals surface area contributed by atoms with E-state index < -0.39 is 0 Å². The Kier molecular flexibility index (Phi) is 7.69. The first-order valence-corrected chi connectivity index (χ1v) is 10.3. The molecule has 1 heterocycles. The molecule has 0 spiro atoms. The van der Waals surface area contributed by atoms with Gasteiger partial charge in [0.05, 0.1) is 0 Å². The molecule has 0 aliphatic carbocycles. The van der Waals surface area contributed by atoms with E-state index in [-0.39, 0.29) is 5.82 Å². The smallest absolute Gasteiger partial charge is 0.123 e. The van der Waals surface area contributed by atoms with Crippen molar-refractivity contribution in [2.24, 2.45) is 0 Å². The Morgan fingerprint density at radius 3 is 2.23 bits per heavy atom. The van der Waals surface area contributed by atoms with Crippen molar-refractivity contribution in [1.82, 2.24) is 4.90 Å². The fourth-order valence-electron chi connectivity index (χ4n) is 4.15. The van der Waals surface area contributed by atoms with Gasteiger partial charge in [0.1, 0.15) is 5.82 Å². The van der Waals surface area contributed by atoms with Gasteiger partial charge >= 0.3 is 0 Å². The normalized spacial score (nSPS) is 16.5. The van der Waals surface area contributed by atoms with Crippen LogP contribution in [0, 0.1) is 5.82 Å². The standard InChI is InChI=1S/C24H32FN/c25-24-16-14-23(15-17-24)22(12-7-11-21-9-3-1-4-10-21)13-8-20-26-18-5-2-6-19-26/h1,3-4,9-10,14-17,22H,2,5-8,11-13,18-20H2. The Balaban J connectivity index is 1.51. The fraction of sp³-hybridized carbons (Fsp3) is 0.500. The van der Waals surface area contributed by atoms with E-state index in [4.69, 9.17) is 0 Å². The quantitative estimate of drug-likeness (QED) is 0.519. The highest BCUT2D eigenvalue weighted by Crippen LogP contribution is 2.28. The lowest BCUT2D eigenvalue weighted by Crippen LogP contribution is -2.30. The van der Waals surface area contributed by atoms with E-state index in [1.807, 2.05) is 12.1 Å². The van der Waals surface area contributed by atoms with Gasteiger partial charge in [-0.2, -0.15) is 0 Å². The van der Waals surface area contributed by atoms with Crippen molar-refractivity contribution in [1.29, 1.82) is 0 Å². The minimum absolute atomic E-state index is 0.134. The Labute approximate surface area is 158 Å². The maximum Gasteiger partial charge on any atom is 0.123 e. The van der Waals surface area contributed by atoms with Crippen LogP contribution in [0.25, 0.3) is 0 Å². The molecule has 1 nitrogen and oxygen atoms in total. The van der Waals surface area contributed by atoms with Crippen molar-refractivity contribution in [2.45, 2.75) is 57.3 Å². The lowest BCUT2D eigenvalue weighted by atomic mass is 9.88. The van der Waals surface area contributed by atoms with E-state index in [0.29, 0.717) is 5.92 Å². The molecular formula is C24H32FN. The van der Waals surface area contributed by atoms with Crippen LogP contribution >= 0.6 is 0 Å². The van der Waals surface area contributed by atoms with Gasteiger partial charge in [-0.05, 0) is 93.8 Å². The number of aryl methyl sites for hydroxylation is 1. The maximum absolute atomic E-state index is 13.3. The third-order valence-electron chi connectivity index (χ3n) is 5.68. The summed E-state index contributed by atoms with van der Waals surface area (Å²) in [5.41, 5.74) is 2.72. The predicted octanol–water partition coefficient (Wildman–Crippen LogP) is 6.20. The number of halogens is 1. The van der Waals surface area contributed by atoms with Crippen LogP contribution in [0.5, 0.6) is 0 Å². The minimum atomic E-state index is -0.134. The summed E-state index contributed by atoms with van der Waals surface area (Å²) < 4.78 is 13.3. The molecule has 1 fully saturated rings. The number of hydrogen-bond acceptors (Lipinski definition) is 1. The molecule has 0 aromatic heterocycles. The van der Waals surface area contributed by atoms with E-state index >= 15 is 0 Å². The molecule has 1 aliphatic rings. The van der Waals surface area contributed by atoms with E-state index in [0.717, 1.165) is 6.42 Å². The zero-order valence-corrected chi connectivity index (χ0v) is 15.9. The van der Waals surface area contributed by atoms with Crippen LogP contribution < -0.4 is 0 Å². The van der Waals surface area contributed by atoms with Crippen LogP contribution in [-0.4, -0.2) is 24.5 Å². The number of piperidine rings is 1. The summed E-state index contributed by atoms with van der Waals surface area (Å²) in [6.07, 6.45) is 10.1. The summed E-state index contributed by atoms with van der Waals surface area (Å²) in [5, 5.41) is 0. The molecule has 2 heteroatoms. The molecule has 1 atom stereocenters. The highest BCUT2D eigenvalue weighted by atomic mass is 19.1. The Morgan fingerprint density at radius 1 is 0.808 bits per heavy atom. The van der Waals surface area contributed by atoms with Crippen molar-refractivity contribution in [3.63, 3.8) is 0 Å². The Bertz CT molecular complexity index is 616. The Morgan fingerprint density at radius 2 is 1.50 bits per heavy atom. The third kappa shape index (κ3) is 6.25. The van der Waals surface area contributed by atoms with Crippen LogP contribution in [0.3, 0.4) is 0 Å². The van der Waals surface area contributed by atoms with Gasteiger partial charge in [-0.1, -0.05) is 48.9 Å². The molecule has 1 aliphatic heterocycles. The topological polar surface area (TPSA) is 3.24 Å². The van der Waals surface area contributed by atoms with Gasteiger partial charge in [0, 0.05) is 0 Å². The molecule has 0 amide bonds. The first-order valence-electron chi connectivity index (χ1n) is 10.3. The zero-order valence-electron chi connectivity index (χ0n) is 15.9. The van der Waals surface area contributed by atoms with Crippen molar-refractivity contribution < 1.29 is 4.39 Å². The molecule has 3 rings (SSSR count). The SMILES string of the molecule is Fc1ccc(C(CCCc2ccccc2)CCCN2CCCCC2)cc1. The summed E-state index contributed by atoms with van der Waals surface area (Å²) in [6.45, 7) is 3.76. The first-order chi connectivity index (χ1) is 12.8. The second kappa shape index (κ2) is 10.5. The van der Waals surface area contributed by atoms with Crippen LogP contribution in [-0.2, 0) is 6.42 Å². The molecule has 0 N–H and O–H groups in total. The summed E-state index contributed by atoms with van der Waals surface area (Å²) >= 11 is 0. The molecule has 0 saturated carbocycles. The molecule has 2 aromatic carbocycles. The van der Waals surface area contributed by atoms with Gasteiger partial charge in [0.15, 0.2) is 0 Å². The Hall–Kier alpha value is -1.67. The molecule has 0 bridgehead atoms.